The average Bonchev–Trinajstić information content (AvgIpc) is 3.30. The van der Waals surface area contributed by atoms with Crippen LogP contribution in [0.3, 0.4) is 0 Å². The molecular formula is C25H26N4O5S. The minimum Gasteiger partial charge on any atom is -0.494 e. The van der Waals surface area contributed by atoms with Crippen LogP contribution in [0.25, 0.3) is 5.69 Å². The van der Waals surface area contributed by atoms with Crippen LogP contribution < -0.4 is 19.8 Å². The van der Waals surface area contributed by atoms with Crippen molar-refractivity contribution in [2.24, 2.45) is 4.99 Å². The second-order valence-corrected chi connectivity index (χ2v) is 9.01. The van der Waals surface area contributed by atoms with Crippen molar-refractivity contribution < 1.29 is 19.3 Å². The fourth-order valence-electron chi connectivity index (χ4n) is 4.59. The van der Waals surface area contributed by atoms with E-state index in [4.69, 9.17) is 26.4 Å². The molecule has 0 bridgehead atoms. The van der Waals surface area contributed by atoms with Crippen molar-refractivity contribution in [2.75, 3.05) is 34.0 Å². The standard InChI is InChI=1S/C25H26N4O5S/c1-14-4-6-16(7-5-14)29-24(31)17(23(30)27-25(29)35)11-26-12-18-20-15(8-9-28(18)2)10-19-21(22(20)32-3)34-13-33-19/h4-7,10-11,18,31H,8-9,12-13H2,1-3H3,(H,27,30,35)/t18-/m0/s1. The normalized spacial score (nSPS) is 17.1. The molecule has 2 aromatic carbocycles. The van der Waals surface area contributed by atoms with Crippen molar-refractivity contribution in [2.45, 2.75) is 19.4 Å². The molecule has 3 heterocycles. The van der Waals surface area contributed by atoms with Gasteiger partial charge in [-0.1, -0.05) is 17.7 Å². The van der Waals surface area contributed by atoms with Gasteiger partial charge < -0.3 is 19.3 Å². The minimum atomic E-state index is -0.502. The molecule has 5 rings (SSSR count). The first-order valence-corrected chi connectivity index (χ1v) is 11.6. The Morgan fingerprint density at radius 1 is 1.31 bits per heavy atom. The van der Waals surface area contributed by atoms with Crippen LogP contribution in [-0.4, -0.2) is 59.8 Å². The van der Waals surface area contributed by atoms with Gasteiger partial charge in [0.1, 0.15) is 5.56 Å². The highest BCUT2D eigenvalue weighted by Crippen LogP contribution is 2.49. The van der Waals surface area contributed by atoms with Crippen molar-refractivity contribution in [1.82, 2.24) is 14.5 Å². The molecule has 0 unspecified atom stereocenters. The highest BCUT2D eigenvalue weighted by molar-refractivity contribution is 7.71. The first-order valence-electron chi connectivity index (χ1n) is 11.2. The van der Waals surface area contributed by atoms with Gasteiger partial charge in [0.05, 0.1) is 25.4 Å². The van der Waals surface area contributed by atoms with Gasteiger partial charge in [0, 0.05) is 18.3 Å². The van der Waals surface area contributed by atoms with Crippen LogP contribution in [0.5, 0.6) is 23.1 Å². The number of rotatable bonds is 5. The van der Waals surface area contributed by atoms with E-state index < -0.39 is 5.56 Å². The SMILES string of the molecule is COc1c2c(cc3c1[C@H](CN=Cc1c(O)n(-c4ccc(C)cc4)c(=S)[nH]c1=O)N(C)CC3)OCO2. The number of fused-ring (bicyclic) bond motifs is 2. The predicted molar refractivity (Wildman–Crippen MR) is 134 cm³/mol. The summed E-state index contributed by atoms with van der Waals surface area (Å²) < 4.78 is 18.5. The van der Waals surface area contributed by atoms with E-state index >= 15 is 0 Å². The largest absolute Gasteiger partial charge is 0.494 e. The van der Waals surface area contributed by atoms with Crippen LogP contribution in [-0.2, 0) is 6.42 Å². The number of hydrogen-bond acceptors (Lipinski definition) is 8. The molecular weight excluding hydrogens is 468 g/mol. The summed E-state index contributed by atoms with van der Waals surface area (Å²) in [6, 6.07) is 9.37. The molecule has 0 spiro atoms. The Morgan fingerprint density at radius 3 is 2.83 bits per heavy atom. The van der Waals surface area contributed by atoms with Gasteiger partial charge in [-0.05, 0) is 56.4 Å². The topological polar surface area (TPSA) is 101 Å². The van der Waals surface area contributed by atoms with Gasteiger partial charge in [-0.2, -0.15) is 0 Å². The summed E-state index contributed by atoms with van der Waals surface area (Å²) in [5, 5.41) is 10.9. The number of aryl methyl sites for hydroxylation is 1. The smallest absolute Gasteiger partial charge is 0.264 e. The fraction of sp³-hybridized carbons (Fsp3) is 0.320. The number of aromatic nitrogens is 2. The number of benzene rings is 2. The fourth-order valence-corrected chi connectivity index (χ4v) is 4.87. The number of aromatic hydroxyl groups is 1. The van der Waals surface area contributed by atoms with Crippen LogP contribution >= 0.6 is 12.2 Å². The number of likely N-dealkylation sites (N-methyl/N-ethyl adjacent to an activating group) is 1. The summed E-state index contributed by atoms with van der Waals surface area (Å²) in [6.45, 7) is 3.31. The lowest BCUT2D eigenvalue weighted by Gasteiger charge is -2.35. The van der Waals surface area contributed by atoms with Crippen LogP contribution in [0.4, 0.5) is 0 Å². The lowest BCUT2D eigenvalue weighted by atomic mass is 9.91. The summed E-state index contributed by atoms with van der Waals surface area (Å²) in [5.74, 6) is 1.68. The molecule has 2 aliphatic rings. The number of aliphatic imine (C=N–C) groups is 1. The number of methoxy groups -OCH3 is 1. The van der Waals surface area contributed by atoms with E-state index in [-0.39, 0.29) is 29.0 Å². The molecule has 182 valence electrons. The number of ether oxygens (including phenoxy) is 3. The lowest BCUT2D eigenvalue weighted by molar-refractivity contribution is 0.170. The van der Waals surface area contributed by atoms with E-state index in [0.29, 0.717) is 29.5 Å². The summed E-state index contributed by atoms with van der Waals surface area (Å²) in [7, 11) is 3.64. The summed E-state index contributed by atoms with van der Waals surface area (Å²) in [4.78, 5) is 22.0. The van der Waals surface area contributed by atoms with Crippen molar-refractivity contribution in [1.29, 1.82) is 0 Å². The van der Waals surface area contributed by atoms with Gasteiger partial charge in [0.2, 0.25) is 18.4 Å². The van der Waals surface area contributed by atoms with Gasteiger partial charge in [-0.15, -0.1) is 0 Å². The van der Waals surface area contributed by atoms with Crippen molar-refractivity contribution in [3.63, 3.8) is 0 Å². The van der Waals surface area contributed by atoms with E-state index in [1.54, 1.807) is 7.11 Å². The lowest BCUT2D eigenvalue weighted by Crippen LogP contribution is -2.34. The summed E-state index contributed by atoms with van der Waals surface area (Å²) in [6.07, 6.45) is 2.24. The van der Waals surface area contributed by atoms with Gasteiger partial charge in [-0.25, -0.2) is 0 Å². The second-order valence-electron chi connectivity index (χ2n) is 8.62. The molecule has 2 N–H and O–H groups in total. The Bertz CT molecular complexity index is 1430. The number of nitrogens with one attached hydrogen (secondary N) is 1. The molecule has 9 nitrogen and oxygen atoms in total. The van der Waals surface area contributed by atoms with Crippen LogP contribution in [0, 0.1) is 11.7 Å². The minimum absolute atomic E-state index is 0.0375. The van der Waals surface area contributed by atoms with Crippen molar-refractivity contribution in [3.8, 4) is 28.8 Å². The maximum Gasteiger partial charge on any atom is 0.264 e. The van der Waals surface area contributed by atoms with Crippen LogP contribution in [0.15, 0.2) is 40.1 Å². The molecule has 1 atom stereocenters. The Kier molecular flexibility index (Phi) is 6.08. The number of nitrogens with zero attached hydrogens (tertiary/aromatic N) is 3. The third kappa shape index (κ3) is 4.08. The van der Waals surface area contributed by atoms with Gasteiger partial charge >= 0.3 is 0 Å². The molecule has 3 aromatic rings. The summed E-state index contributed by atoms with van der Waals surface area (Å²) in [5.41, 5.74) is 3.37. The zero-order valence-electron chi connectivity index (χ0n) is 19.7. The number of aromatic amines is 1. The Hall–Kier alpha value is -3.63. The average molecular weight is 495 g/mol. The third-order valence-corrected chi connectivity index (χ3v) is 6.74. The quantitative estimate of drug-likeness (QED) is 0.415. The van der Waals surface area contributed by atoms with E-state index in [1.807, 2.05) is 44.3 Å². The van der Waals surface area contributed by atoms with Crippen LogP contribution in [0.2, 0.25) is 0 Å². The van der Waals surface area contributed by atoms with Crippen molar-refractivity contribution in [3.05, 3.63) is 67.7 Å². The first-order chi connectivity index (χ1) is 16.9. The molecule has 1 aromatic heterocycles. The van der Waals surface area contributed by atoms with Gasteiger partial charge in [0.15, 0.2) is 16.3 Å². The zero-order chi connectivity index (χ0) is 24.7. The maximum absolute atomic E-state index is 12.6. The molecule has 0 aliphatic carbocycles. The number of hydrogen-bond donors (Lipinski definition) is 2. The second kappa shape index (κ2) is 9.20. The Morgan fingerprint density at radius 2 is 2.09 bits per heavy atom. The van der Waals surface area contributed by atoms with E-state index in [9.17, 15) is 9.90 Å². The molecule has 0 amide bonds. The molecule has 0 fully saturated rings. The first kappa shape index (κ1) is 23.1. The Labute approximate surface area is 207 Å². The highest BCUT2D eigenvalue weighted by Gasteiger charge is 2.33. The highest BCUT2D eigenvalue weighted by atomic mass is 32.1. The molecule has 0 radical (unpaired) electrons. The van der Waals surface area contributed by atoms with Crippen molar-refractivity contribution >= 4 is 18.4 Å². The van der Waals surface area contributed by atoms with E-state index in [0.717, 1.165) is 29.7 Å². The molecule has 0 saturated heterocycles. The zero-order valence-corrected chi connectivity index (χ0v) is 20.5. The summed E-state index contributed by atoms with van der Waals surface area (Å²) >= 11 is 5.30. The Balaban J connectivity index is 1.50. The third-order valence-electron chi connectivity index (χ3n) is 6.46. The maximum atomic E-state index is 12.6. The van der Waals surface area contributed by atoms with Gasteiger partial charge in [-0.3, -0.25) is 24.2 Å². The van der Waals surface area contributed by atoms with Crippen LogP contribution in [0.1, 0.15) is 28.3 Å². The monoisotopic (exact) mass is 494 g/mol. The molecule has 2 aliphatic heterocycles. The predicted octanol–water partition coefficient (Wildman–Crippen LogP) is 3.29. The van der Waals surface area contributed by atoms with Gasteiger partial charge in [0.25, 0.3) is 5.56 Å². The molecule has 10 heteroatoms. The molecule has 35 heavy (non-hydrogen) atoms. The molecule has 0 saturated carbocycles. The van der Waals surface area contributed by atoms with E-state index in [2.05, 4.69) is 14.9 Å². The number of H-pyrrole nitrogens is 1. The van der Waals surface area contributed by atoms with E-state index in [1.165, 1.54) is 10.8 Å².